The average Bonchev–Trinajstić information content (AvgIpc) is 2.42. The van der Waals surface area contributed by atoms with Gasteiger partial charge in [-0.25, -0.2) is 4.79 Å². The number of amides is 1. The fourth-order valence-electron chi connectivity index (χ4n) is 2.84. The van der Waals surface area contributed by atoms with Gasteiger partial charge in [0.05, 0.1) is 0 Å². The first-order valence-electron chi connectivity index (χ1n) is 7.72. The molecule has 4 nitrogen and oxygen atoms in total. The molecule has 0 atom stereocenters. The van der Waals surface area contributed by atoms with Gasteiger partial charge >= 0.3 is 6.09 Å². The number of ether oxygens (including phenoxy) is 1. The van der Waals surface area contributed by atoms with E-state index in [1.165, 1.54) is 11.1 Å². The van der Waals surface area contributed by atoms with E-state index >= 15 is 0 Å². The summed E-state index contributed by atoms with van der Waals surface area (Å²) in [5.74, 6) is 0. The van der Waals surface area contributed by atoms with Gasteiger partial charge in [-0.2, -0.15) is 0 Å². The number of hydrogen-bond donors (Lipinski definition) is 2. The van der Waals surface area contributed by atoms with Crippen LogP contribution < -0.4 is 11.1 Å². The second-order valence-corrected chi connectivity index (χ2v) is 6.29. The summed E-state index contributed by atoms with van der Waals surface area (Å²) in [4.78, 5) is 11.7. The molecule has 2 fully saturated rings. The topological polar surface area (TPSA) is 64.3 Å². The summed E-state index contributed by atoms with van der Waals surface area (Å²) in [7, 11) is 0. The van der Waals surface area contributed by atoms with Crippen LogP contribution in [0.3, 0.4) is 0 Å². The molecule has 0 unspecified atom stereocenters. The lowest BCUT2D eigenvalue weighted by molar-refractivity contribution is 0.133. The Morgan fingerprint density at radius 3 is 2.82 bits per heavy atom. The molecular formula is C18H22N2O2. The van der Waals surface area contributed by atoms with Crippen molar-refractivity contribution in [2.45, 2.75) is 44.4 Å². The summed E-state index contributed by atoms with van der Waals surface area (Å²) in [5.41, 5.74) is 10.5. The van der Waals surface area contributed by atoms with Crippen molar-refractivity contribution in [3.05, 3.63) is 53.1 Å². The highest BCUT2D eigenvalue weighted by Gasteiger charge is 2.23. The number of rotatable bonds is 4. The van der Waals surface area contributed by atoms with Crippen molar-refractivity contribution in [2.75, 3.05) is 0 Å². The van der Waals surface area contributed by atoms with Crippen molar-refractivity contribution in [3.8, 4) is 0 Å². The molecule has 0 aliphatic heterocycles. The molecule has 2 aliphatic rings. The molecule has 22 heavy (non-hydrogen) atoms. The van der Waals surface area contributed by atoms with Crippen molar-refractivity contribution in [1.82, 2.24) is 5.32 Å². The second-order valence-electron chi connectivity index (χ2n) is 6.29. The number of hydrogen-bond acceptors (Lipinski definition) is 3. The molecular weight excluding hydrogens is 276 g/mol. The Morgan fingerprint density at radius 2 is 2.14 bits per heavy atom. The monoisotopic (exact) mass is 298 g/mol. The van der Waals surface area contributed by atoms with Crippen LogP contribution in [0.1, 0.15) is 36.8 Å². The average molecular weight is 298 g/mol. The molecule has 0 spiro atoms. The molecule has 3 rings (SSSR count). The highest BCUT2D eigenvalue weighted by atomic mass is 16.5. The first-order chi connectivity index (χ1) is 10.6. The minimum atomic E-state index is -0.355. The Morgan fingerprint density at radius 1 is 1.36 bits per heavy atom. The van der Waals surface area contributed by atoms with Crippen molar-refractivity contribution >= 4 is 12.2 Å². The Kier molecular flexibility index (Phi) is 4.29. The predicted octanol–water partition coefficient (Wildman–Crippen LogP) is 3.14. The lowest BCUT2D eigenvalue weighted by Gasteiger charge is -2.28. The first kappa shape index (κ1) is 14.9. The number of nitrogens with one attached hydrogen (secondary N) is 1. The zero-order chi connectivity index (χ0) is 15.5. The van der Waals surface area contributed by atoms with Gasteiger partial charge < -0.3 is 15.8 Å². The molecule has 1 amide bonds. The number of carbonyl (C=O) groups is 1. The predicted molar refractivity (Wildman–Crippen MR) is 87.1 cm³/mol. The van der Waals surface area contributed by atoms with Gasteiger partial charge in [-0.05, 0) is 42.9 Å². The summed E-state index contributed by atoms with van der Waals surface area (Å²) in [5, 5.41) is 2.84. The van der Waals surface area contributed by atoms with Crippen LogP contribution in [0.4, 0.5) is 4.79 Å². The SMILES string of the molecule is C=C1CC(NC(=O)OCc2cccc(C=C3CC(N)C3)c2)C1. The molecule has 116 valence electrons. The van der Waals surface area contributed by atoms with E-state index in [2.05, 4.69) is 30.1 Å². The Hall–Kier alpha value is -2.07. The smallest absolute Gasteiger partial charge is 0.407 e. The molecule has 4 heteroatoms. The van der Waals surface area contributed by atoms with Gasteiger partial charge in [-0.15, -0.1) is 0 Å². The van der Waals surface area contributed by atoms with Crippen LogP contribution in [0.25, 0.3) is 6.08 Å². The number of benzene rings is 1. The molecule has 0 radical (unpaired) electrons. The number of nitrogens with two attached hydrogens (primary N) is 1. The Bertz CT molecular complexity index is 605. The maximum absolute atomic E-state index is 11.7. The standard InChI is InChI=1S/C18H22N2O2/c1-12-5-17(6-12)20-18(21)22-11-14-4-2-3-13(7-14)8-15-9-16(19)10-15/h2-4,7-8,16-17H,1,5-6,9-11,19H2,(H,20,21). The van der Waals surface area contributed by atoms with Gasteiger partial charge in [0.1, 0.15) is 6.61 Å². The van der Waals surface area contributed by atoms with Crippen molar-refractivity contribution in [1.29, 1.82) is 0 Å². The maximum atomic E-state index is 11.7. The van der Waals surface area contributed by atoms with Gasteiger partial charge in [0.15, 0.2) is 0 Å². The molecule has 2 aliphatic carbocycles. The third-order valence-corrected chi connectivity index (χ3v) is 4.13. The van der Waals surface area contributed by atoms with Crippen molar-refractivity contribution in [2.24, 2.45) is 5.73 Å². The van der Waals surface area contributed by atoms with E-state index in [1.54, 1.807) is 0 Å². The number of carbonyl (C=O) groups excluding carboxylic acids is 1. The molecule has 0 aromatic heterocycles. The summed E-state index contributed by atoms with van der Waals surface area (Å²) < 4.78 is 5.27. The van der Waals surface area contributed by atoms with Crippen LogP contribution in [-0.4, -0.2) is 18.2 Å². The summed E-state index contributed by atoms with van der Waals surface area (Å²) in [6.45, 7) is 4.14. The first-order valence-corrected chi connectivity index (χ1v) is 7.72. The molecule has 0 heterocycles. The minimum Gasteiger partial charge on any atom is -0.445 e. The highest BCUT2D eigenvalue weighted by molar-refractivity contribution is 5.68. The van der Waals surface area contributed by atoms with E-state index in [0.717, 1.165) is 36.8 Å². The Balaban J connectivity index is 1.49. The van der Waals surface area contributed by atoms with Gasteiger partial charge in [0, 0.05) is 12.1 Å². The Labute approximate surface area is 131 Å². The lowest BCUT2D eigenvalue weighted by atomic mass is 9.86. The van der Waals surface area contributed by atoms with E-state index in [9.17, 15) is 4.79 Å². The van der Waals surface area contributed by atoms with Crippen LogP contribution >= 0.6 is 0 Å². The fourth-order valence-corrected chi connectivity index (χ4v) is 2.84. The summed E-state index contributed by atoms with van der Waals surface area (Å²) >= 11 is 0. The normalized spacial score (nSPS) is 20.9. The molecule has 0 bridgehead atoms. The van der Waals surface area contributed by atoms with Crippen molar-refractivity contribution in [3.63, 3.8) is 0 Å². The summed E-state index contributed by atoms with van der Waals surface area (Å²) in [6, 6.07) is 8.57. The lowest BCUT2D eigenvalue weighted by Crippen LogP contribution is -2.40. The largest absolute Gasteiger partial charge is 0.445 e. The van der Waals surface area contributed by atoms with Gasteiger partial charge in [0.2, 0.25) is 0 Å². The fraction of sp³-hybridized carbons (Fsp3) is 0.389. The van der Waals surface area contributed by atoms with Crippen LogP contribution in [0.5, 0.6) is 0 Å². The summed E-state index contributed by atoms with van der Waals surface area (Å²) in [6.07, 6.45) is 5.50. The molecule has 1 aromatic carbocycles. The molecule has 3 N–H and O–H groups in total. The van der Waals surface area contributed by atoms with E-state index in [1.807, 2.05) is 12.1 Å². The van der Waals surface area contributed by atoms with Crippen LogP contribution in [0.2, 0.25) is 0 Å². The minimum absolute atomic E-state index is 0.193. The van der Waals surface area contributed by atoms with Gasteiger partial charge in [-0.1, -0.05) is 42.0 Å². The zero-order valence-corrected chi connectivity index (χ0v) is 12.7. The van der Waals surface area contributed by atoms with Crippen molar-refractivity contribution < 1.29 is 9.53 Å². The van der Waals surface area contributed by atoms with Crippen LogP contribution in [0, 0.1) is 0 Å². The number of alkyl carbamates (subject to hydrolysis) is 1. The molecule has 2 saturated carbocycles. The highest BCUT2D eigenvalue weighted by Crippen LogP contribution is 2.27. The molecule has 0 saturated heterocycles. The van der Waals surface area contributed by atoms with E-state index in [4.69, 9.17) is 10.5 Å². The molecule has 1 aromatic rings. The van der Waals surface area contributed by atoms with E-state index in [-0.39, 0.29) is 18.7 Å². The van der Waals surface area contributed by atoms with Crippen LogP contribution in [-0.2, 0) is 11.3 Å². The quantitative estimate of drug-likeness (QED) is 0.839. The second kappa shape index (κ2) is 6.36. The third kappa shape index (κ3) is 3.77. The van der Waals surface area contributed by atoms with Gasteiger partial charge in [-0.3, -0.25) is 0 Å². The van der Waals surface area contributed by atoms with E-state index < -0.39 is 0 Å². The van der Waals surface area contributed by atoms with Crippen LogP contribution in [0.15, 0.2) is 42.0 Å². The third-order valence-electron chi connectivity index (χ3n) is 4.13. The maximum Gasteiger partial charge on any atom is 0.407 e. The zero-order valence-electron chi connectivity index (χ0n) is 12.7. The van der Waals surface area contributed by atoms with Gasteiger partial charge in [0.25, 0.3) is 0 Å². The van der Waals surface area contributed by atoms with E-state index in [0.29, 0.717) is 6.04 Å².